The number of amides is 1. The Morgan fingerprint density at radius 3 is 2.59 bits per heavy atom. The van der Waals surface area contributed by atoms with Gasteiger partial charge in [0, 0.05) is 19.7 Å². The molecule has 0 aliphatic heterocycles. The first-order valence-electron chi connectivity index (χ1n) is 5.44. The molecule has 17 heavy (non-hydrogen) atoms. The Morgan fingerprint density at radius 1 is 1.29 bits per heavy atom. The summed E-state index contributed by atoms with van der Waals surface area (Å²) in [6, 6.07) is 6.95. The van der Waals surface area contributed by atoms with Gasteiger partial charge in [0.1, 0.15) is 5.75 Å². The van der Waals surface area contributed by atoms with Gasteiger partial charge in [-0.05, 0) is 19.1 Å². The van der Waals surface area contributed by atoms with Gasteiger partial charge >= 0.3 is 0 Å². The maximum atomic E-state index is 11.3. The number of carbonyl (C=O) groups is 2. The molecular weight excluding hydrogens is 218 g/mol. The molecule has 4 nitrogen and oxygen atoms in total. The van der Waals surface area contributed by atoms with Gasteiger partial charge in [-0.25, -0.2) is 0 Å². The number of hydrogen-bond acceptors (Lipinski definition) is 3. The summed E-state index contributed by atoms with van der Waals surface area (Å²) in [4.78, 5) is 24.0. The summed E-state index contributed by atoms with van der Waals surface area (Å²) in [5.41, 5.74) is 0.612. The van der Waals surface area contributed by atoms with E-state index in [9.17, 15) is 9.59 Å². The van der Waals surface area contributed by atoms with Crippen LogP contribution in [0.25, 0.3) is 0 Å². The lowest BCUT2D eigenvalue weighted by Gasteiger charge is -2.11. The summed E-state index contributed by atoms with van der Waals surface area (Å²) in [7, 11) is 3.41. The summed E-state index contributed by atoms with van der Waals surface area (Å²) >= 11 is 0. The highest BCUT2D eigenvalue weighted by Crippen LogP contribution is 2.13. The van der Waals surface area contributed by atoms with E-state index in [2.05, 4.69) is 0 Å². The molecule has 0 aliphatic carbocycles. The van der Waals surface area contributed by atoms with E-state index in [0.29, 0.717) is 24.3 Å². The predicted octanol–water partition coefficient (Wildman–Crippen LogP) is 1.75. The van der Waals surface area contributed by atoms with Crippen LogP contribution in [0, 0.1) is 0 Å². The van der Waals surface area contributed by atoms with Gasteiger partial charge in [-0.15, -0.1) is 0 Å². The Morgan fingerprint density at radius 2 is 2.00 bits per heavy atom. The van der Waals surface area contributed by atoms with Gasteiger partial charge in [-0.3, -0.25) is 9.59 Å². The van der Waals surface area contributed by atoms with E-state index in [1.54, 1.807) is 38.4 Å². The molecular formula is C13H17NO3. The van der Waals surface area contributed by atoms with Crippen LogP contribution in [0.3, 0.4) is 0 Å². The Hall–Kier alpha value is -1.84. The van der Waals surface area contributed by atoms with E-state index < -0.39 is 0 Å². The fourth-order valence-corrected chi connectivity index (χ4v) is 1.28. The molecule has 92 valence electrons. The lowest BCUT2D eigenvalue weighted by molar-refractivity contribution is -0.129. The Bertz CT molecular complexity index is 413. The maximum Gasteiger partial charge on any atom is 0.225 e. The average Bonchev–Trinajstić information content (AvgIpc) is 2.29. The van der Waals surface area contributed by atoms with Gasteiger partial charge in [0.25, 0.3) is 0 Å². The molecule has 0 bridgehead atoms. The Kier molecular flexibility index (Phi) is 4.69. The Labute approximate surface area is 101 Å². The molecule has 0 N–H and O–H groups in total. The van der Waals surface area contributed by atoms with Crippen LogP contribution in [0.1, 0.15) is 23.7 Å². The molecule has 0 aliphatic rings. The molecule has 0 saturated carbocycles. The van der Waals surface area contributed by atoms with Gasteiger partial charge < -0.3 is 9.64 Å². The first kappa shape index (κ1) is 13.2. The van der Waals surface area contributed by atoms with Crippen LogP contribution in [0.2, 0.25) is 0 Å². The van der Waals surface area contributed by atoms with Crippen molar-refractivity contribution in [1.29, 1.82) is 0 Å². The highest BCUT2D eigenvalue weighted by atomic mass is 16.5. The lowest BCUT2D eigenvalue weighted by atomic mass is 10.1. The highest BCUT2D eigenvalue weighted by Gasteiger charge is 2.05. The number of ketones is 1. The van der Waals surface area contributed by atoms with Crippen LogP contribution >= 0.6 is 0 Å². The van der Waals surface area contributed by atoms with E-state index in [1.165, 1.54) is 11.8 Å². The number of rotatable bonds is 5. The molecule has 0 fully saturated rings. The molecule has 0 aromatic heterocycles. The second kappa shape index (κ2) is 6.03. The van der Waals surface area contributed by atoms with Gasteiger partial charge in [0.2, 0.25) is 5.91 Å². The second-order valence-electron chi connectivity index (χ2n) is 3.97. The largest absolute Gasteiger partial charge is 0.493 e. The first-order chi connectivity index (χ1) is 8.00. The minimum absolute atomic E-state index is 0.000169. The van der Waals surface area contributed by atoms with Crippen LogP contribution in [0.5, 0.6) is 5.75 Å². The summed E-state index contributed by atoms with van der Waals surface area (Å²) in [6.45, 7) is 1.83. The molecule has 1 aromatic carbocycles. The zero-order valence-electron chi connectivity index (χ0n) is 10.4. The monoisotopic (exact) mass is 235 g/mol. The number of carbonyl (C=O) groups excluding carboxylic acids is 2. The fraction of sp³-hybridized carbons (Fsp3) is 0.385. The molecule has 1 aromatic rings. The van der Waals surface area contributed by atoms with Crippen LogP contribution in [-0.2, 0) is 4.79 Å². The van der Waals surface area contributed by atoms with Crippen molar-refractivity contribution >= 4 is 11.7 Å². The minimum Gasteiger partial charge on any atom is -0.493 e. The van der Waals surface area contributed by atoms with Crippen molar-refractivity contribution in [2.24, 2.45) is 0 Å². The predicted molar refractivity (Wildman–Crippen MR) is 65.3 cm³/mol. The normalized spacial score (nSPS) is 9.82. The smallest absolute Gasteiger partial charge is 0.225 e. The Balaban J connectivity index is 2.50. The van der Waals surface area contributed by atoms with Crippen LogP contribution < -0.4 is 4.74 Å². The van der Waals surface area contributed by atoms with Crippen molar-refractivity contribution < 1.29 is 14.3 Å². The van der Waals surface area contributed by atoms with E-state index in [4.69, 9.17) is 4.74 Å². The summed E-state index contributed by atoms with van der Waals surface area (Å²) < 4.78 is 5.42. The van der Waals surface area contributed by atoms with Crippen molar-refractivity contribution in [3.05, 3.63) is 29.8 Å². The van der Waals surface area contributed by atoms with E-state index >= 15 is 0 Å². The molecule has 0 radical (unpaired) electrons. The standard InChI is InChI=1S/C13H17NO3/c1-10(15)11-5-4-6-12(9-11)17-8-7-13(16)14(2)3/h4-6,9H,7-8H2,1-3H3. The van der Waals surface area contributed by atoms with Crippen molar-refractivity contribution in [3.63, 3.8) is 0 Å². The number of hydrogen-bond donors (Lipinski definition) is 0. The van der Waals surface area contributed by atoms with Crippen molar-refractivity contribution in [3.8, 4) is 5.75 Å². The fourth-order valence-electron chi connectivity index (χ4n) is 1.28. The van der Waals surface area contributed by atoms with Crippen molar-refractivity contribution in [1.82, 2.24) is 4.90 Å². The summed E-state index contributed by atoms with van der Waals surface area (Å²) in [6.07, 6.45) is 0.331. The van der Waals surface area contributed by atoms with Crippen LogP contribution in [-0.4, -0.2) is 37.3 Å². The molecule has 0 heterocycles. The lowest BCUT2D eigenvalue weighted by Crippen LogP contribution is -2.23. The molecule has 0 unspecified atom stereocenters. The van der Waals surface area contributed by atoms with Gasteiger partial charge in [0.15, 0.2) is 5.78 Å². The minimum atomic E-state index is -0.000169. The number of Topliss-reactive ketones (excluding diaryl/α,β-unsaturated/α-hetero) is 1. The van der Waals surface area contributed by atoms with Gasteiger partial charge in [0.05, 0.1) is 13.0 Å². The molecule has 0 saturated heterocycles. The molecule has 4 heteroatoms. The van der Waals surface area contributed by atoms with Crippen molar-refractivity contribution in [2.75, 3.05) is 20.7 Å². The summed E-state index contributed by atoms with van der Waals surface area (Å²) in [5.74, 6) is 0.636. The highest BCUT2D eigenvalue weighted by molar-refractivity contribution is 5.94. The topological polar surface area (TPSA) is 46.6 Å². The first-order valence-corrected chi connectivity index (χ1v) is 5.44. The van der Waals surface area contributed by atoms with Crippen LogP contribution in [0.4, 0.5) is 0 Å². The zero-order chi connectivity index (χ0) is 12.8. The maximum absolute atomic E-state index is 11.3. The number of ether oxygens (including phenoxy) is 1. The van der Waals surface area contributed by atoms with Gasteiger partial charge in [-0.2, -0.15) is 0 Å². The molecule has 0 spiro atoms. The third-order valence-corrected chi connectivity index (χ3v) is 2.32. The number of nitrogens with zero attached hydrogens (tertiary/aromatic N) is 1. The molecule has 1 rings (SSSR count). The average molecular weight is 235 g/mol. The summed E-state index contributed by atoms with van der Waals surface area (Å²) in [5, 5.41) is 0. The second-order valence-corrected chi connectivity index (χ2v) is 3.97. The molecule has 0 atom stereocenters. The van der Waals surface area contributed by atoms with E-state index in [1.807, 2.05) is 0 Å². The van der Waals surface area contributed by atoms with Gasteiger partial charge in [-0.1, -0.05) is 12.1 Å². The van der Waals surface area contributed by atoms with Crippen molar-refractivity contribution in [2.45, 2.75) is 13.3 Å². The third-order valence-electron chi connectivity index (χ3n) is 2.32. The quantitative estimate of drug-likeness (QED) is 0.730. The third kappa shape index (κ3) is 4.26. The van der Waals surface area contributed by atoms with E-state index in [0.717, 1.165) is 0 Å². The zero-order valence-corrected chi connectivity index (χ0v) is 10.4. The number of benzene rings is 1. The van der Waals surface area contributed by atoms with Crippen LogP contribution in [0.15, 0.2) is 24.3 Å². The SMILES string of the molecule is CC(=O)c1cccc(OCCC(=O)N(C)C)c1. The molecule has 1 amide bonds. The van der Waals surface area contributed by atoms with E-state index in [-0.39, 0.29) is 11.7 Å².